The van der Waals surface area contributed by atoms with Crippen LogP contribution in [0.5, 0.6) is 0 Å². The van der Waals surface area contributed by atoms with Gasteiger partial charge in [-0.25, -0.2) is 4.79 Å². The molecule has 0 radical (unpaired) electrons. The molecule has 0 fully saturated rings. The highest BCUT2D eigenvalue weighted by Crippen LogP contribution is 1.99. The Kier molecular flexibility index (Phi) is 4.57. The first kappa shape index (κ1) is 11.2. The van der Waals surface area contributed by atoms with Gasteiger partial charge in [0.1, 0.15) is 5.38 Å². The van der Waals surface area contributed by atoms with E-state index in [4.69, 9.17) is 17.4 Å². The van der Waals surface area contributed by atoms with E-state index in [-0.39, 0.29) is 0 Å². The number of ether oxygens (including phenoxy) is 1. The Morgan fingerprint density at radius 3 is 2.42 bits per heavy atom. The highest BCUT2D eigenvalue weighted by Gasteiger charge is 2.24. The highest BCUT2D eigenvalue weighted by molar-refractivity contribution is 6.31. The molecule has 3 N–H and O–H groups in total. The summed E-state index contributed by atoms with van der Waals surface area (Å²) >= 11 is 5.41. The molecule has 0 aromatic carbocycles. The second-order valence-electron chi connectivity index (χ2n) is 1.89. The standard InChI is InChI=1S/C5H10ClN3O3/c1-3(6)4(10)9(8-7)5(11)12-2/h3,8H,7H2,1-2H3. The zero-order chi connectivity index (χ0) is 9.72. The third kappa shape index (κ3) is 2.65. The van der Waals surface area contributed by atoms with E-state index in [1.165, 1.54) is 6.92 Å². The minimum absolute atomic E-state index is 0.484. The van der Waals surface area contributed by atoms with Crippen LogP contribution in [-0.2, 0) is 9.53 Å². The van der Waals surface area contributed by atoms with Gasteiger partial charge in [0.2, 0.25) is 0 Å². The number of carbonyl (C=O) groups is 2. The minimum atomic E-state index is -0.907. The van der Waals surface area contributed by atoms with Gasteiger partial charge in [-0.1, -0.05) is 0 Å². The van der Waals surface area contributed by atoms with Crippen LogP contribution in [0, 0.1) is 0 Å². The summed E-state index contributed by atoms with van der Waals surface area (Å²) in [5, 5.41) is -0.363. The van der Waals surface area contributed by atoms with Crippen LogP contribution in [0.1, 0.15) is 6.92 Å². The predicted molar refractivity (Wildman–Crippen MR) is 41.9 cm³/mol. The molecule has 0 aliphatic carbocycles. The fraction of sp³-hybridized carbons (Fsp3) is 0.600. The van der Waals surface area contributed by atoms with Crippen molar-refractivity contribution in [1.29, 1.82) is 0 Å². The molecule has 0 spiro atoms. The lowest BCUT2D eigenvalue weighted by Gasteiger charge is -2.17. The number of nitrogens with zero attached hydrogens (tertiary/aromatic N) is 1. The minimum Gasteiger partial charge on any atom is -0.451 e. The van der Waals surface area contributed by atoms with Crippen LogP contribution in [0.15, 0.2) is 0 Å². The van der Waals surface area contributed by atoms with Gasteiger partial charge in [-0.05, 0) is 6.92 Å². The quantitative estimate of drug-likeness (QED) is 0.355. The summed E-state index contributed by atoms with van der Waals surface area (Å²) in [5.41, 5.74) is 1.86. The molecule has 0 saturated carbocycles. The van der Waals surface area contributed by atoms with Crippen molar-refractivity contribution in [1.82, 2.24) is 10.5 Å². The van der Waals surface area contributed by atoms with Gasteiger partial charge in [0.25, 0.3) is 5.91 Å². The lowest BCUT2D eigenvalue weighted by Crippen LogP contribution is -2.52. The Balaban J connectivity index is 4.34. The number of hydrazine groups is 2. The number of amides is 2. The van der Waals surface area contributed by atoms with Crippen molar-refractivity contribution in [2.45, 2.75) is 12.3 Å². The molecule has 70 valence electrons. The monoisotopic (exact) mass is 195 g/mol. The summed E-state index contributed by atoms with van der Waals surface area (Å²) in [6.07, 6.45) is -0.907. The second-order valence-corrected chi connectivity index (χ2v) is 2.54. The van der Waals surface area contributed by atoms with Gasteiger partial charge in [-0.3, -0.25) is 10.6 Å². The van der Waals surface area contributed by atoms with Crippen molar-refractivity contribution in [3.63, 3.8) is 0 Å². The van der Waals surface area contributed by atoms with Crippen LogP contribution < -0.4 is 11.4 Å². The lowest BCUT2D eigenvalue weighted by molar-refractivity contribution is -0.131. The van der Waals surface area contributed by atoms with Crippen LogP contribution in [0.3, 0.4) is 0 Å². The van der Waals surface area contributed by atoms with E-state index < -0.39 is 17.4 Å². The number of methoxy groups -OCH3 is 1. The van der Waals surface area contributed by atoms with Gasteiger partial charge in [-0.15, -0.1) is 11.6 Å². The average molecular weight is 196 g/mol. The molecule has 0 bridgehead atoms. The van der Waals surface area contributed by atoms with Crippen molar-refractivity contribution in [3.05, 3.63) is 0 Å². The Morgan fingerprint density at radius 2 is 2.17 bits per heavy atom. The number of imide groups is 1. The Morgan fingerprint density at radius 1 is 1.67 bits per heavy atom. The van der Waals surface area contributed by atoms with Crippen LogP contribution in [0.2, 0.25) is 0 Å². The lowest BCUT2D eigenvalue weighted by atomic mass is 10.4. The molecule has 0 aromatic heterocycles. The highest BCUT2D eigenvalue weighted by atomic mass is 35.5. The topological polar surface area (TPSA) is 84.7 Å². The van der Waals surface area contributed by atoms with Crippen molar-refractivity contribution in [3.8, 4) is 0 Å². The molecular weight excluding hydrogens is 186 g/mol. The third-order valence-corrected chi connectivity index (χ3v) is 1.23. The van der Waals surface area contributed by atoms with E-state index in [2.05, 4.69) is 4.74 Å². The predicted octanol–water partition coefficient (Wildman–Crippen LogP) is -0.413. The van der Waals surface area contributed by atoms with Crippen molar-refractivity contribution in [2.75, 3.05) is 7.11 Å². The molecule has 0 heterocycles. The van der Waals surface area contributed by atoms with Gasteiger partial charge in [0.15, 0.2) is 0 Å². The van der Waals surface area contributed by atoms with E-state index in [1.54, 1.807) is 0 Å². The normalized spacial score (nSPS) is 12.0. The SMILES string of the molecule is COC(=O)N(NN)C(=O)C(C)Cl. The number of hydrogen-bond donors (Lipinski definition) is 2. The number of alkyl halides is 1. The average Bonchev–Trinajstić information content (AvgIpc) is 2.05. The molecule has 0 rings (SSSR count). The van der Waals surface area contributed by atoms with Crippen LogP contribution in [-0.4, -0.2) is 29.5 Å². The summed E-state index contributed by atoms with van der Waals surface area (Å²) in [6, 6.07) is 0. The van der Waals surface area contributed by atoms with Crippen molar-refractivity contribution >= 4 is 23.6 Å². The summed E-state index contributed by atoms with van der Waals surface area (Å²) in [4.78, 5) is 21.8. The van der Waals surface area contributed by atoms with Crippen LogP contribution >= 0.6 is 11.6 Å². The van der Waals surface area contributed by atoms with E-state index >= 15 is 0 Å². The zero-order valence-corrected chi connectivity index (χ0v) is 7.46. The zero-order valence-electron chi connectivity index (χ0n) is 6.70. The fourth-order valence-corrected chi connectivity index (χ4v) is 0.573. The molecule has 0 aliphatic heterocycles. The first-order valence-corrected chi connectivity index (χ1v) is 3.50. The molecule has 2 amide bonds. The first-order chi connectivity index (χ1) is 5.54. The summed E-state index contributed by atoms with van der Waals surface area (Å²) in [6.45, 7) is 1.41. The Labute approximate surface area is 74.5 Å². The van der Waals surface area contributed by atoms with Gasteiger partial charge in [-0.2, -0.15) is 10.5 Å². The summed E-state index contributed by atoms with van der Waals surface area (Å²) in [5.74, 6) is 4.21. The molecule has 0 aliphatic rings. The second kappa shape index (κ2) is 4.91. The number of nitrogens with two attached hydrogens (primary N) is 1. The molecular formula is C5H10ClN3O3. The molecule has 7 heteroatoms. The van der Waals surface area contributed by atoms with Crippen molar-refractivity contribution in [2.24, 2.45) is 5.84 Å². The summed E-state index contributed by atoms with van der Waals surface area (Å²) < 4.78 is 4.24. The Hall–Kier alpha value is -0.850. The molecule has 6 nitrogen and oxygen atoms in total. The fourth-order valence-electron chi connectivity index (χ4n) is 0.475. The smallest absolute Gasteiger partial charge is 0.432 e. The molecule has 0 saturated heterocycles. The third-order valence-electron chi connectivity index (χ3n) is 1.05. The number of hydrogen-bond acceptors (Lipinski definition) is 5. The molecule has 1 atom stereocenters. The van der Waals surface area contributed by atoms with Gasteiger partial charge < -0.3 is 4.74 Å². The first-order valence-electron chi connectivity index (χ1n) is 3.06. The number of carbonyl (C=O) groups excluding carboxylic acids is 2. The number of halogens is 1. The van der Waals surface area contributed by atoms with Crippen molar-refractivity contribution < 1.29 is 14.3 Å². The summed E-state index contributed by atoms with van der Waals surface area (Å²) in [7, 11) is 1.12. The largest absolute Gasteiger partial charge is 0.451 e. The van der Waals surface area contributed by atoms with Gasteiger partial charge in [0.05, 0.1) is 7.11 Å². The van der Waals surface area contributed by atoms with E-state index in [1.807, 2.05) is 5.53 Å². The number of rotatable bonds is 2. The molecule has 12 heavy (non-hydrogen) atoms. The maximum atomic E-state index is 11.0. The maximum absolute atomic E-state index is 11.0. The van der Waals surface area contributed by atoms with Crippen LogP contribution in [0.25, 0.3) is 0 Å². The Bertz CT molecular complexity index is 185. The molecule has 1 unspecified atom stereocenters. The van der Waals surface area contributed by atoms with Crippen LogP contribution in [0.4, 0.5) is 4.79 Å². The van der Waals surface area contributed by atoms with E-state index in [9.17, 15) is 9.59 Å². The molecule has 0 aromatic rings. The van der Waals surface area contributed by atoms with E-state index in [0.717, 1.165) is 7.11 Å². The van der Waals surface area contributed by atoms with E-state index in [0.29, 0.717) is 5.01 Å². The maximum Gasteiger partial charge on any atom is 0.432 e. The van der Waals surface area contributed by atoms with Gasteiger partial charge >= 0.3 is 6.09 Å². The van der Waals surface area contributed by atoms with Gasteiger partial charge in [0, 0.05) is 0 Å². The number of nitrogens with one attached hydrogen (secondary N) is 1.